The van der Waals surface area contributed by atoms with Crippen molar-refractivity contribution in [1.82, 2.24) is 9.88 Å². The Morgan fingerprint density at radius 3 is 2.41 bits per heavy atom. The van der Waals surface area contributed by atoms with Crippen LogP contribution in [0.2, 0.25) is 10.0 Å². The molecule has 4 nitrogen and oxygen atoms in total. The van der Waals surface area contributed by atoms with Crippen molar-refractivity contribution in [1.29, 1.82) is 0 Å². The van der Waals surface area contributed by atoms with E-state index in [0.29, 0.717) is 27.7 Å². The van der Waals surface area contributed by atoms with E-state index in [1.165, 1.54) is 0 Å². The summed E-state index contributed by atoms with van der Waals surface area (Å²) >= 11 is 12.0. The van der Waals surface area contributed by atoms with Gasteiger partial charge in [-0.05, 0) is 27.1 Å². The van der Waals surface area contributed by atoms with Gasteiger partial charge < -0.3 is 15.5 Å². The third-order valence-corrected chi connectivity index (χ3v) is 3.19. The number of hydrogen-bond donors (Lipinski definition) is 2. The first kappa shape index (κ1) is 14.4. The highest BCUT2D eigenvalue weighted by Gasteiger charge is 2.10. The molecule has 96 valence electrons. The number of nitrogens with one attached hydrogen (secondary N) is 2. The van der Waals surface area contributed by atoms with E-state index in [1.807, 2.05) is 14.1 Å². The van der Waals surface area contributed by atoms with E-state index in [4.69, 9.17) is 23.2 Å². The smallest absolute Gasteiger partial charge is 0.147 e. The summed E-state index contributed by atoms with van der Waals surface area (Å²) in [7, 11) is 5.83. The molecule has 0 saturated carbocycles. The lowest BCUT2D eigenvalue weighted by Crippen LogP contribution is -2.31. The minimum absolute atomic E-state index is 0.390. The lowest BCUT2D eigenvalue weighted by molar-refractivity contribution is 0.326. The molecule has 1 heterocycles. The Bertz CT molecular complexity index is 382. The first-order chi connectivity index (χ1) is 7.95. The molecule has 0 aliphatic rings. The molecule has 0 amide bonds. The van der Waals surface area contributed by atoms with E-state index in [-0.39, 0.29) is 0 Å². The molecule has 0 aromatic carbocycles. The van der Waals surface area contributed by atoms with Crippen molar-refractivity contribution in [3.63, 3.8) is 0 Å². The quantitative estimate of drug-likeness (QED) is 0.868. The van der Waals surface area contributed by atoms with Gasteiger partial charge in [0.2, 0.25) is 0 Å². The summed E-state index contributed by atoms with van der Waals surface area (Å²) in [4.78, 5) is 6.44. The van der Waals surface area contributed by atoms with E-state index in [2.05, 4.69) is 27.4 Å². The predicted molar refractivity (Wildman–Crippen MR) is 75.4 cm³/mol. The number of likely N-dealkylation sites (N-methyl/N-ethyl adjacent to an activating group) is 1. The molecule has 6 heteroatoms. The highest BCUT2D eigenvalue weighted by Crippen LogP contribution is 2.28. The van der Waals surface area contributed by atoms with Gasteiger partial charge >= 0.3 is 0 Å². The van der Waals surface area contributed by atoms with Crippen molar-refractivity contribution >= 4 is 34.8 Å². The van der Waals surface area contributed by atoms with Crippen LogP contribution in [0.3, 0.4) is 0 Å². The minimum Gasteiger partial charge on any atom is -0.372 e. The molecule has 1 aromatic heterocycles. The van der Waals surface area contributed by atoms with Gasteiger partial charge in [0, 0.05) is 19.6 Å². The molecule has 0 aliphatic carbocycles. The molecular weight excluding hydrogens is 259 g/mol. The maximum absolute atomic E-state index is 6.07. The van der Waals surface area contributed by atoms with Crippen LogP contribution in [0.5, 0.6) is 0 Å². The van der Waals surface area contributed by atoms with Crippen LogP contribution in [-0.2, 0) is 0 Å². The van der Waals surface area contributed by atoms with Crippen molar-refractivity contribution < 1.29 is 0 Å². The molecular formula is C11H18Cl2N4. The van der Waals surface area contributed by atoms with Gasteiger partial charge in [0.15, 0.2) is 0 Å². The predicted octanol–water partition coefficient (Wildman–Crippen LogP) is 2.79. The fourth-order valence-electron chi connectivity index (χ4n) is 1.19. The summed E-state index contributed by atoms with van der Waals surface area (Å²) in [5.41, 5.74) is 0. The van der Waals surface area contributed by atoms with Crippen molar-refractivity contribution in [2.75, 3.05) is 38.3 Å². The number of hydrogen-bond acceptors (Lipinski definition) is 4. The van der Waals surface area contributed by atoms with Crippen molar-refractivity contribution in [2.45, 2.75) is 13.0 Å². The van der Waals surface area contributed by atoms with Crippen LogP contribution in [0.4, 0.5) is 11.6 Å². The fourth-order valence-corrected chi connectivity index (χ4v) is 1.71. The lowest BCUT2D eigenvalue weighted by Gasteiger charge is -2.20. The SMILES string of the molecule is CNc1nc(NCC(C)N(C)C)c(Cl)cc1Cl. The van der Waals surface area contributed by atoms with E-state index in [9.17, 15) is 0 Å². The van der Waals surface area contributed by atoms with Crippen molar-refractivity contribution in [3.8, 4) is 0 Å². The molecule has 1 atom stereocenters. The third kappa shape index (κ3) is 3.91. The fraction of sp³-hybridized carbons (Fsp3) is 0.545. The van der Waals surface area contributed by atoms with Crippen LogP contribution >= 0.6 is 23.2 Å². The summed E-state index contributed by atoms with van der Waals surface area (Å²) in [6.45, 7) is 2.89. The molecule has 1 aromatic rings. The Hall–Kier alpha value is -0.710. The Morgan fingerprint density at radius 1 is 1.29 bits per heavy atom. The van der Waals surface area contributed by atoms with Crippen LogP contribution in [0.15, 0.2) is 6.07 Å². The number of pyridine rings is 1. The van der Waals surface area contributed by atoms with Gasteiger partial charge in [0.25, 0.3) is 0 Å². The molecule has 1 unspecified atom stereocenters. The Morgan fingerprint density at radius 2 is 1.88 bits per heavy atom. The summed E-state index contributed by atoms with van der Waals surface area (Å²) < 4.78 is 0. The second-order valence-corrected chi connectivity index (χ2v) is 4.91. The summed E-state index contributed by atoms with van der Waals surface area (Å²) in [6.07, 6.45) is 0. The molecule has 0 bridgehead atoms. The molecule has 0 saturated heterocycles. The lowest BCUT2D eigenvalue weighted by atomic mass is 10.3. The zero-order valence-corrected chi connectivity index (χ0v) is 12.0. The first-order valence-electron chi connectivity index (χ1n) is 5.39. The van der Waals surface area contributed by atoms with E-state index in [0.717, 1.165) is 6.54 Å². The minimum atomic E-state index is 0.390. The average Bonchev–Trinajstić information content (AvgIpc) is 2.27. The topological polar surface area (TPSA) is 40.2 Å². The molecule has 2 N–H and O–H groups in total. The van der Waals surface area contributed by atoms with Crippen molar-refractivity contribution in [3.05, 3.63) is 16.1 Å². The van der Waals surface area contributed by atoms with Gasteiger partial charge in [-0.3, -0.25) is 0 Å². The van der Waals surface area contributed by atoms with Crippen LogP contribution in [-0.4, -0.2) is 43.6 Å². The van der Waals surface area contributed by atoms with Gasteiger partial charge in [-0.1, -0.05) is 23.2 Å². The zero-order chi connectivity index (χ0) is 13.0. The summed E-state index contributed by atoms with van der Waals surface area (Å²) in [6, 6.07) is 2.08. The van der Waals surface area contributed by atoms with Gasteiger partial charge in [-0.25, -0.2) is 4.98 Å². The normalized spacial score (nSPS) is 12.6. The van der Waals surface area contributed by atoms with E-state index >= 15 is 0 Å². The highest BCUT2D eigenvalue weighted by molar-refractivity contribution is 6.37. The number of anilines is 2. The summed E-state index contributed by atoms with van der Waals surface area (Å²) in [5, 5.41) is 7.18. The Kier molecular flexibility index (Phi) is 5.31. The number of halogens is 2. The third-order valence-electron chi connectivity index (χ3n) is 2.61. The Balaban J connectivity index is 2.77. The van der Waals surface area contributed by atoms with Gasteiger partial charge in [0.05, 0.1) is 10.0 Å². The average molecular weight is 277 g/mol. The number of nitrogens with zero attached hydrogens (tertiary/aromatic N) is 2. The van der Waals surface area contributed by atoms with Crippen LogP contribution in [0.1, 0.15) is 6.92 Å². The number of rotatable bonds is 5. The first-order valence-corrected chi connectivity index (χ1v) is 6.15. The van der Waals surface area contributed by atoms with E-state index < -0.39 is 0 Å². The highest BCUT2D eigenvalue weighted by atomic mass is 35.5. The molecule has 17 heavy (non-hydrogen) atoms. The second kappa shape index (κ2) is 6.28. The van der Waals surface area contributed by atoms with Gasteiger partial charge in [-0.15, -0.1) is 0 Å². The van der Waals surface area contributed by atoms with Gasteiger partial charge in [-0.2, -0.15) is 0 Å². The molecule has 1 rings (SSSR count). The zero-order valence-electron chi connectivity index (χ0n) is 10.5. The monoisotopic (exact) mass is 276 g/mol. The largest absolute Gasteiger partial charge is 0.372 e. The number of aromatic nitrogens is 1. The van der Waals surface area contributed by atoms with Gasteiger partial charge in [0.1, 0.15) is 11.6 Å². The summed E-state index contributed by atoms with van der Waals surface area (Å²) in [5.74, 6) is 1.27. The van der Waals surface area contributed by atoms with E-state index in [1.54, 1.807) is 13.1 Å². The molecule has 0 aliphatic heterocycles. The van der Waals surface area contributed by atoms with Crippen molar-refractivity contribution in [2.24, 2.45) is 0 Å². The molecule has 0 fully saturated rings. The van der Waals surface area contributed by atoms with Crippen LogP contribution in [0.25, 0.3) is 0 Å². The standard InChI is InChI=1S/C11H18Cl2N4/c1-7(17(3)4)6-15-11-9(13)5-8(12)10(14-2)16-11/h5,7H,6H2,1-4H3,(H2,14,15,16). The maximum Gasteiger partial charge on any atom is 0.147 e. The second-order valence-electron chi connectivity index (χ2n) is 4.09. The maximum atomic E-state index is 6.07. The molecule has 0 spiro atoms. The van der Waals surface area contributed by atoms with Crippen LogP contribution < -0.4 is 10.6 Å². The Labute approximate surface area is 112 Å². The van der Waals surface area contributed by atoms with Crippen LogP contribution in [0, 0.1) is 0 Å². The molecule has 0 radical (unpaired) electrons.